The van der Waals surface area contributed by atoms with Gasteiger partial charge in [0.05, 0.1) is 0 Å². The topological polar surface area (TPSA) is 41.1 Å². The van der Waals surface area contributed by atoms with Gasteiger partial charge < -0.3 is 0 Å². The SMILES string of the molecule is CNCc1cbccc1C[B]C(=O)NC. The van der Waals surface area contributed by atoms with E-state index in [1.165, 1.54) is 11.1 Å². The van der Waals surface area contributed by atoms with E-state index < -0.39 is 0 Å². The van der Waals surface area contributed by atoms with Crippen LogP contribution >= 0.6 is 0 Å². The molecular formula is C10H15B2N2O. The molecule has 3 nitrogen and oxygen atoms in total. The molecule has 5 heteroatoms. The first-order valence-corrected chi connectivity index (χ1v) is 5.04. The number of rotatable bonds is 5. The van der Waals surface area contributed by atoms with Crippen molar-refractivity contribution in [3.05, 3.63) is 29.1 Å². The predicted molar refractivity (Wildman–Crippen MR) is 64.5 cm³/mol. The maximum absolute atomic E-state index is 11.1. The summed E-state index contributed by atoms with van der Waals surface area (Å²) >= 11 is 0. The van der Waals surface area contributed by atoms with E-state index in [9.17, 15) is 4.79 Å². The van der Waals surface area contributed by atoms with Crippen molar-refractivity contribution in [2.24, 2.45) is 0 Å². The Balaban J connectivity index is 2.62. The summed E-state index contributed by atoms with van der Waals surface area (Å²) in [5, 5.41) is 5.69. The second kappa shape index (κ2) is 6.40. The number of amides is 1. The van der Waals surface area contributed by atoms with Gasteiger partial charge in [-0.05, 0) is 0 Å². The van der Waals surface area contributed by atoms with Crippen LogP contribution in [0.4, 0.5) is 4.79 Å². The Labute approximate surface area is 92.1 Å². The molecule has 0 aliphatic carbocycles. The van der Waals surface area contributed by atoms with Crippen molar-refractivity contribution in [2.75, 3.05) is 14.1 Å². The molecule has 0 saturated heterocycles. The number of carbonyl (C=O) groups excluding carboxylic acids is 1. The van der Waals surface area contributed by atoms with E-state index >= 15 is 0 Å². The van der Waals surface area contributed by atoms with E-state index in [1.807, 2.05) is 26.0 Å². The fourth-order valence-electron chi connectivity index (χ4n) is 1.42. The molecule has 1 rings (SSSR count). The first-order valence-electron chi connectivity index (χ1n) is 5.04. The molecule has 0 spiro atoms. The van der Waals surface area contributed by atoms with Crippen LogP contribution in [0.25, 0.3) is 0 Å². The van der Waals surface area contributed by atoms with E-state index in [-0.39, 0.29) is 5.81 Å². The molecule has 1 aromatic rings. The summed E-state index contributed by atoms with van der Waals surface area (Å²) in [5.41, 5.74) is 2.43. The fourth-order valence-corrected chi connectivity index (χ4v) is 1.42. The molecule has 0 aromatic carbocycles. The molecular weight excluding hydrogens is 186 g/mol. The molecule has 0 fully saturated rings. The van der Waals surface area contributed by atoms with Gasteiger partial charge in [0.25, 0.3) is 0 Å². The summed E-state index contributed by atoms with van der Waals surface area (Å²) in [7, 11) is 5.21. The minimum absolute atomic E-state index is 0.0331. The molecule has 0 unspecified atom stereocenters. The average Bonchev–Trinajstić information content (AvgIpc) is 2.28. The van der Waals surface area contributed by atoms with Crippen molar-refractivity contribution >= 4 is 20.0 Å². The molecule has 0 saturated carbocycles. The molecule has 0 bridgehead atoms. The number of nitrogens with one attached hydrogen (secondary N) is 2. The Morgan fingerprint density at radius 1 is 1.47 bits per heavy atom. The molecule has 1 heterocycles. The Morgan fingerprint density at radius 3 is 2.93 bits per heavy atom. The van der Waals surface area contributed by atoms with Gasteiger partial charge in [0.15, 0.2) is 0 Å². The van der Waals surface area contributed by atoms with Crippen molar-refractivity contribution < 1.29 is 4.79 Å². The Hall–Kier alpha value is -1.09. The molecule has 1 amide bonds. The van der Waals surface area contributed by atoms with Crippen molar-refractivity contribution in [1.29, 1.82) is 0 Å². The van der Waals surface area contributed by atoms with Gasteiger partial charge in [-0.3, -0.25) is 0 Å². The molecule has 77 valence electrons. The van der Waals surface area contributed by atoms with Gasteiger partial charge in [-0.25, -0.2) is 0 Å². The number of hydrogen-bond acceptors (Lipinski definition) is 2. The molecule has 0 aliphatic heterocycles. The third kappa shape index (κ3) is 3.88. The molecule has 15 heavy (non-hydrogen) atoms. The quantitative estimate of drug-likeness (QED) is 0.672. The number of hydrogen-bond donors (Lipinski definition) is 2. The van der Waals surface area contributed by atoms with Gasteiger partial charge in [0.2, 0.25) is 0 Å². The van der Waals surface area contributed by atoms with Gasteiger partial charge in [0.1, 0.15) is 0 Å². The van der Waals surface area contributed by atoms with Gasteiger partial charge in [0, 0.05) is 0 Å². The summed E-state index contributed by atoms with van der Waals surface area (Å²) in [5.74, 6) is 4.03. The maximum atomic E-state index is 11.1. The van der Waals surface area contributed by atoms with Crippen LogP contribution in [0.5, 0.6) is 0 Å². The fraction of sp³-hybridized carbons (Fsp3) is 0.400. The second-order valence-electron chi connectivity index (χ2n) is 3.32. The molecule has 0 aliphatic rings. The van der Waals surface area contributed by atoms with E-state index in [0.29, 0.717) is 6.32 Å². The minimum atomic E-state index is -0.0331. The Kier molecular flexibility index (Phi) is 5.12. The van der Waals surface area contributed by atoms with Gasteiger partial charge in [-0.15, -0.1) is 0 Å². The van der Waals surface area contributed by atoms with Gasteiger partial charge in [-0.1, -0.05) is 0 Å². The molecule has 1 radical (unpaired) electrons. The van der Waals surface area contributed by atoms with E-state index in [4.69, 9.17) is 0 Å². The van der Waals surface area contributed by atoms with Crippen LogP contribution in [-0.2, 0) is 12.9 Å². The van der Waals surface area contributed by atoms with E-state index in [1.54, 1.807) is 14.3 Å². The summed E-state index contributed by atoms with van der Waals surface area (Å²) in [4.78, 5) is 11.1. The van der Waals surface area contributed by atoms with Crippen LogP contribution in [-0.4, -0.2) is 34.1 Å². The first-order chi connectivity index (χ1) is 7.27. The predicted octanol–water partition coefficient (Wildman–Crippen LogP) is 0.288. The van der Waals surface area contributed by atoms with Crippen LogP contribution in [0.1, 0.15) is 11.1 Å². The molecule has 2 N–H and O–H groups in total. The molecule has 1 aromatic heterocycles. The zero-order chi connectivity index (χ0) is 11.1. The van der Waals surface area contributed by atoms with Crippen molar-refractivity contribution in [3.8, 4) is 0 Å². The van der Waals surface area contributed by atoms with Gasteiger partial charge >= 0.3 is 91.5 Å². The van der Waals surface area contributed by atoms with Crippen LogP contribution in [0.15, 0.2) is 18.0 Å². The van der Waals surface area contributed by atoms with Crippen LogP contribution in [0.3, 0.4) is 0 Å². The first kappa shape index (κ1) is 12.0. The molecule has 0 atom stereocenters. The summed E-state index contributed by atoms with van der Waals surface area (Å²) < 4.78 is 0. The Bertz CT molecular complexity index is 331. The summed E-state index contributed by atoms with van der Waals surface area (Å²) in [6, 6.07) is 2.05. The summed E-state index contributed by atoms with van der Waals surface area (Å²) in [6.07, 6.45) is 0.678. The van der Waals surface area contributed by atoms with Crippen LogP contribution < -0.4 is 10.6 Å². The second-order valence-corrected chi connectivity index (χ2v) is 3.32. The van der Waals surface area contributed by atoms with Crippen LogP contribution in [0, 0.1) is 0 Å². The average molecular weight is 201 g/mol. The van der Waals surface area contributed by atoms with E-state index in [0.717, 1.165) is 6.54 Å². The zero-order valence-corrected chi connectivity index (χ0v) is 9.21. The third-order valence-corrected chi connectivity index (χ3v) is 2.24. The zero-order valence-electron chi connectivity index (χ0n) is 9.21. The van der Waals surface area contributed by atoms with Gasteiger partial charge in [-0.2, -0.15) is 0 Å². The van der Waals surface area contributed by atoms with Crippen molar-refractivity contribution in [2.45, 2.75) is 12.9 Å². The standard InChI is InChI=1S/C10H15B2N2O/c1-13-7-9-5-11-4-3-8(9)6-12-10(15)14-2/h3-5,13H,6-7H2,1-2H3,(H,14,15). The summed E-state index contributed by atoms with van der Waals surface area (Å²) in [6.45, 7) is 2.84. The third-order valence-electron chi connectivity index (χ3n) is 2.24. The van der Waals surface area contributed by atoms with E-state index in [2.05, 4.69) is 16.6 Å². The Morgan fingerprint density at radius 2 is 2.27 bits per heavy atom. The monoisotopic (exact) mass is 201 g/mol. The van der Waals surface area contributed by atoms with Crippen molar-refractivity contribution in [3.63, 3.8) is 0 Å². The van der Waals surface area contributed by atoms with Crippen molar-refractivity contribution in [1.82, 2.24) is 10.6 Å². The number of carbonyl (C=O) groups is 1. The normalized spacial score (nSPS) is 9.47. The van der Waals surface area contributed by atoms with Crippen LogP contribution in [0.2, 0.25) is 0 Å².